The van der Waals surface area contributed by atoms with Gasteiger partial charge in [0.1, 0.15) is 5.82 Å². The van der Waals surface area contributed by atoms with E-state index in [0.29, 0.717) is 12.1 Å². The smallest absolute Gasteiger partial charge is 0.251 e. The SMILES string of the molecule is CN(CCNC(=O)c1ccc(F)cc1)Cc1ccccc1. The van der Waals surface area contributed by atoms with Crippen molar-refractivity contribution in [2.24, 2.45) is 0 Å². The van der Waals surface area contributed by atoms with Crippen molar-refractivity contribution >= 4 is 5.91 Å². The Morgan fingerprint density at radius 3 is 2.43 bits per heavy atom. The summed E-state index contributed by atoms with van der Waals surface area (Å²) in [6.07, 6.45) is 0. The van der Waals surface area contributed by atoms with E-state index in [2.05, 4.69) is 22.3 Å². The van der Waals surface area contributed by atoms with Gasteiger partial charge in [-0.1, -0.05) is 30.3 Å². The Labute approximate surface area is 124 Å². The van der Waals surface area contributed by atoms with Gasteiger partial charge in [0.15, 0.2) is 0 Å². The molecule has 4 heteroatoms. The van der Waals surface area contributed by atoms with E-state index < -0.39 is 0 Å². The maximum Gasteiger partial charge on any atom is 0.251 e. The fourth-order valence-corrected chi connectivity index (χ4v) is 2.04. The molecule has 0 atom stereocenters. The summed E-state index contributed by atoms with van der Waals surface area (Å²) >= 11 is 0. The van der Waals surface area contributed by atoms with Gasteiger partial charge in [-0.05, 0) is 36.9 Å². The molecule has 0 bridgehead atoms. The first-order chi connectivity index (χ1) is 10.1. The molecule has 0 aromatic heterocycles. The van der Waals surface area contributed by atoms with Crippen LogP contribution in [0.3, 0.4) is 0 Å². The van der Waals surface area contributed by atoms with Crippen LogP contribution in [0.2, 0.25) is 0 Å². The number of carbonyl (C=O) groups excluding carboxylic acids is 1. The molecule has 1 N–H and O–H groups in total. The molecule has 3 nitrogen and oxygen atoms in total. The minimum absolute atomic E-state index is 0.178. The maximum absolute atomic E-state index is 12.8. The van der Waals surface area contributed by atoms with Gasteiger partial charge in [0.25, 0.3) is 5.91 Å². The molecule has 0 unspecified atom stereocenters. The monoisotopic (exact) mass is 286 g/mol. The van der Waals surface area contributed by atoms with Gasteiger partial charge in [-0.25, -0.2) is 4.39 Å². The molecule has 0 heterocycles. The molecule has 2 aromatic rings. The summed E-state index contributed by atoms with van der Waals surface area (Å²) in [4.78, 5) is 14.0. The van der Waals surface area contributed by atoms with Gasteiger partial charge >= 0.3 is 0 Å². The molecule has 0 saturated carbocycles. The molecular formula is C17H19FN2O. The van der Waals surface area contributed by atoms with Crippen molar-refractivity contribution < 1.29 is 9.18 Å². The van der Waals surface area contributed by atoms with Crippen LogP contribution in [0.25, 0.3) is 0 Å². The number of likely N-dealkylation sites (N-methyl/N-ethyl adjacent to an activating group) is 1. The first kappa shape index (κ1) is 15.2. The number of nitrogens with zero attached hydrogens (tertiary/aromatic N) is 1. The largest absolute Gasteiger partial charge is 0.351 e. The molecule has 0 saturated heterocycles. The highest BCUT2D eigenvalue weighted by Crippen LogP contribution is 2.03. The Balaban J connectivity index is 1.73. The third kappa shape index (κ3) is 5.00. The average molecular weight is 286 g/mol. The zero-order valence-corrected chi connectivity index (χ0v) is 12.1. The van der Waals surface area contributed by atoms with Crippen LogP contribution < -0.4 is 5.32 Å². The van der Waals surface area contributed by atoms with Crippen molar-refractivity contribution in [2.45, 2.75) is 6.54 Å². The first-order valence-corrected chi connectivity index (χ1v) is 6.91. The summed E-state index contributed by atoms with van der Waals surface area (Å²) in [5.41, 5.74) is 1.71. The zero-order chi connectivity index (χ0) is 15.1. The van der Waals surface area contributed by atoms with Crippen LogP contribution in [0.15, 0.2) is 54.6 Å². The van der Waals surface area contributed by atoms with Gasteiger partial charge in [0.2, 0.25) is 0 Å². The Hall–Kier alpha value is -2.20. The number of hydrogen-bond donors (Lipinski definition) is 1. The zero-order valence-electron chi connectivity index (χ0n) is 12.1. The summed E-state index contributed by atoms with van der Waals surface area (Å²) in [6, 6.07) is 15.7. The minimum Gasteiger partial charge on any atom is -0.351 e. The lowest BCUT2D eigenvalue weighted by Gasteiger charge is -2.17. The second kappa shape index (κ2) is 7.55. The molecule has 0 radical (unpaired) electrons. The molecule has 110 valence electrons. The molecule has 1 amide bonds. The number of rotatable bonds is 6. The number of nitrogens with one attached hydrogen (secondary N) is 1. The van der Waals surface area contributed by atoms with Crippen LogP contribution in [-0.4, -0.2) is 30.9 Å². The average Bonchev–Trinajstić information content (AvgIpc) is 2.49. The van der Waals surface area contributed by atoms with Gasteiger partial charge in [-0.15, -0.1) is 0 Å². The van der Waals surface area contributed by atoms with E-state index in [4.69, 9.17) is 0 Å². The predicted octanol–water partition coefficient (Wildman–Crippen LogP) is 2.69. The molecule has 21 heavy (non-hydrogen) atoms. The summed E-state index contributed by atoms with van der Waals surface area (Å²) in [5.74, 6) is -0.516. The Morgan fingerprint density at radius 1 is 1.10 bits per heavy atom. The van der Waals surface area contributed by atoms with Gasteiger partial charge < -0.3 is 10.2 Å². The highest BCUT2D eigenvalue weighted by molar-refractivity contribution is 5.94. The molecule has 2 aromatic carbocycles. The van der Waals surface area contributed by atoms with E-state index in [1.165, 1.54) is 29.8 Å². The maximum atomic E-state index is 12.8. The van der Waals surface area contributed by atoms with Crippen molar-refractivity contribution in [3.05, 3.63) is 71.5 Å². The van der Waals surface area contributed by atoms with Gasteiger partial charge in [-0.3, -0.25) is 4.79 Å². The van der Waals surface area contributed by atoms with Crippen molar-refractivity contribution in [3.8, 4) is 0 Å². The summed E-state index contributed by atoms with van der Waals surface area (Å²) < 4.78 is 12.8. The van der Waals surface area contributed by atoms with E-state index >= 15 is 0 Å². The molecular weight excluding hydrogens is 267 g/mol. The second-order valence-corrected chi connectivity index (χ2v) is 4.99. The molecule has 0 aliphatic carbocycles. The fraction of sp³-hybridized carbons (Fsp3) is 0.235. The van der Waals surface area contributed by atoms with E-state index in [0.717, 1.165) is 13.1 Å². The molecule has 0 aliphatic heterocycles. The van der Waals surface area contributed by atoms with Crippen molar-refractivity contribution in [1.82, 2.24) is 10.2 Å². The summed E-state index contributed by atoms with van der Waals surface area (Å²) in [7, 11) is 2.01. The molecule has 0 fully saturated rings. The Morgan fingerprint density at radius 2 is 1.76 bits per heavy atom. The lowest BCUT2D eigenvalue weighted by molar-refractivity contribution is 0.0949. The highest BCUT2D eigenvalue weighted by atomic mass is 19.1. The van der Waals surface area contributed by atoms with Gasteiger partial charge in [0.05, 0.1) is 0 Å². The molecule has 2 rings (SSSR count). The standard InChI is InChI=1S/C17H19FN2O/c1-20(13-14-5-3-2-4-6-14)12-11-19-17(21)15-7-9-16(18)10-8-15/h2-10H,11-13H2,1H3,(H,19,21). The normalized spacial score (nSPS) is 10.6. The first-order valence-electron chi connectivity index (χ1n) is 6.91. The number of halogens is 1. The van der Waals surface area contributed by atoms with E-state index in [-0.39, 0.29) is 11.7 Å². The Kier molecular flexibility index (Phi) is 5.46. The minimum atomic E-state index is -0.339. The summed E-state index contributed by atoms with van der Waals surface area (Å²) in [6.45, 7) is 2.15. The number of carbonyl (C=O) groups is 1. The van der Waals surface area contributed by atoms with Crippen molar-refractivity contribution in [3.63, 3.8) is 0 Å². The van der Waals surface area contributed by atoms with Crippen LogP contribution in [-0.2, 0) is 6.54 Å². The van der Waals surface area contributed by atoms with Crippen LogP contribution in [0.4, 0.5) is 4.39 Å². The number of hydrogen-bond acceptors (Lipinski definition) is 2. The van der Waals surface area contributed by atoms with Gasteiger partial charge in [-0.2, -0.15) is 0 Å². The Bertz CT molecular complexity index is 569. The van der Waals surface area contributed by atoms with Crippen molar-refractivity contribution in [2.75, 3.05) is 20.1 Å². The topological polar surface area (TPSA) is 32.3 Å². The highest BCUT2D eigenvalue weighted by Gasteiger charge is 2.05. The number of benzene rings is 2. The van der Waals surface area contributed by atoms with E-state index in [1.807, 2.05) is 25.2 Å². The van der Waals surface area contributed by atoms with E-state index in [9.17, 15) is 9.18 Å². The lowest BCUT2D eigenvalue weighted by atomic mass is 10.2. The summed E-state index contributed by atoms with van der Waals surface area (Å²) in [5, 5.41) is 2.83. The third-order valence-corrected chi connectivity index (χ3v) is 3.18. The van der Waals surface area contributed by atoms with Crippen LogP contribution >= 0.6 is 0 Å². The number of amides is 1. The van der Waals surface area contributed by atoms with Crippen LogP contribution in [0.1, 0.15) is 15.9 Å². The lowest BCUT2D eigenvalue weighted by Crippen LogP contribution is -2.32. The third-order valence-electron chi connectivity index (χ3n) is 3.18. The van der Waals surface area contributed by atoms with Gasteiger partial charge in [0, 0.05) is 25.2 Å². The fourth-order valence-electron chi connectivity index (χ4n) is 2.04. The molecule has 0 aliphatic rings. The van der Waals surface area contributed by atoms with Crippen LogP contribution in [0, 0.1) is 5.82 Å². The second-order valence-electron chi connectivity index (χ2n) is 4.99. The van der Waals surface area contributed by atoms with Crippen LogP contribution in [0.5, 0.6) is 0 Å². The van der Waals surface area contributed by atoms with E-state index in [1.54, 1.807) is 0 Å². The predicted molar refractivity (Wildman–Crippen MR) is 81.5 cm³/mol. The molecule has 0 spiro atoms. The van der Waals surface area contributed by atoms with Crippen molar-refractivity contribution in [1.29, 1.82) is 0 Å². The quantitative estimate of drug-likeness (QED) is 0.885.